The molecule has 0 radical (unpaired) electrons. The minimum Gasteiger partial charge on any atom is -0.491 e. The first-order chi connectivity index (χ1) is 8.74. The van der Waals surface area contributed by atoms with E-state index in [0.29, 0.717) is 11.6 Å². The molecule has 18 heavy (non-hydrogen) atoms. The minimum absolute atomic E-state index is 0.646. The Kier molecular flexibility index (Phi) is 8.47. The zero-order valence-corrected chi connectivity index (χ0v) is 13.2. The van der Waals surface area contributed by atoms with E-state index in [1.165, 1.54) is 25.7 Å². The van der Waals surface area contributed by atoms with Gasteiger partial charge < -0.3 is 10.1 Å². The zero-order chi connectivity index (χ0) is 13.2. The Bertz CT molecular complexity index is 347. The van der Waals surface area contributed by atoms with Crippen LogP contribution in [0.1, 0.15) is 32.6 Å². The van der Waals surface area contributed by atoms with Crippen molar-refractivity contribution in [3.63, 3.8) is 0 Å². The maximum Gasteiger partial charge on any atom is 0.138 e. The van der Waals surface area contributed by atoms with E-state index in [0.717, 1.165) is 23.3 Å². The van der Waals surface area contributed by atoms with Crippen molar-refractivity contribution in [2.45, 2.75) is 32.6 Å². The summed E-state index contributed by atoms with van der Waals surface area (Å²) in [6.45, 7) is 4.80. The van der Waals surface area contributed by atoms with E-state index in [1.807, 2.05) is 18.2 Å². The average molecular weight is 335 g/mol. The van der Waals surface area contributed by atoms with Crippen LogP contribution in [0.25, 0.3) is 0 Å². The van der Waals surface area contributed by atoms with Crippen molar-refractivity contribution in [1.82, 2.24) is 5.32 Å². The third kappa shape index (κ3) is 6.62. The van der Waals surface area contributed by atoms with Gasteiger partial charge in [-0.15, -0.1) is 0 Å². The molecule has 0 fully saturated rings. The quantitative estimate of drug-likeness (QED) is 0.664. The number of hydrogen-bond donors (Lipinski definition) is 1. The van der Waals surface area contributed by atoms with E-state index in [2.05, 4.69) is 28.2 Å². The number of nitrogens with one attached hydrogen (secondary N) is 1. The minimum atomic E-state index is 0.646. The molecule has 0 saturated heterocycles. The summed E-state index contributed by atoms with van der Waals surface area (Å²) < 4.78 is 6.57. The van der Waals surface area contributed by atoms with E-state index in [1.54, 1.807) is 0 Å². The molecule has 0 aromatic heterocycles. The molecule has 1 aromatic rings. The van der Waals surface area contributed by atoms with Crippen LogP contribution in [-0.4, -0.2) is 19.7 Å². The van der Waals surface area contributed by atoms with Crippen molar-refractivity contribution in [3.8, 4) is 5.75 Å². The van der Waals surface area contributed by atoms with E-state index in [9.17, 15) is 0 Å². The lowest BCUT2D eigenvalue weighted by atomic mass is 10.2. The Hall–Kier alpha value is -0.250. The molecular weight excluding hydrogens is 314 g/mol. The molecule has 4 heteroatoms. The first-order valence-corrected chi connectivity index (χ1v) is 7.69. The molecule has 0 spiro atoms. The van der Waals surface area contributed by atoms with Gasteiger partial charge in [0.2, 0.25) is 0 Å². The van der Waals surface area contributed by atoms with Gasteiger partial charge in [0.1, 0.15) is 12.4 Å². The van der Waals surface area contributed by atoms with Crippen molar-refractivity contribution < 1.29 is 4.74 Å². The Balaban J connectivity index is 2.07. The van der Waals surface area contributed by atoms with Gasteiger partial charge in [-0.2, -0.15) is 0 Å². The van der Waals surface area contributed by atoms with Crippen LogP contribution in [0.15, 0.2) is 22.7 Å². The van der Waals surface area contributed by atoms with Crippen LogP contribution in [-0.2, 0) is 0 Å². The lowest BCUT2D eigenvalue weighted by Crippen LogP contribution is -2.22. The van der Waals surface area contributed by atoms with Crippen LogP contribution < -0.4 is 10.1 Å². The molecular formula is C14H21BrClNO. The first kappa shape index (κ1) is 15.8. The van der Waals surface area contributed by atoms with Crippen molar-refractivity contribution in [3.05, 3.63) is 27.7 Å². The molecule has 0 amide bonds. The molecule has 1 aromatic carbocycles. The number of rotatable bonds is 9. The molecule has 0 atom stereocenters. The molecule has 0 aliphatic heterocycles. The highest BCUT2D eigenvalue weighted by Gasteiger charge is 2.01. The summed E-state index contributed by atoms with van der Waals surface area (Å²) in [5.74, 6) is 0.743. The summed E-state index contributed by atoms with van der Waals surface area (Å²) in [7, 11) is 0. The summed E-state index contributed by atoms with van der Waals surface area (Å²) >= 11 is 9.42. The van der Waals surface area contributed by atoms with Crippen LogP contribution in [0.5, 0.6) is 5.75 Å². The fourth-order valence-corrected chi connectivity index (χ4v) is 2.36. The smallest absolute Gasteiger partial charge is 0.138 e. The van der Waals surface area contributed by atoms with Crippen molar-refractivity contribution >= 4 is 27.5 Å². The van der Waals surface area contributed by atoms with Crippen molar-refractivity contribution in [2.24, 2.45) is 0 Å². The van der Waals surface area contributed by atoms with Gasteiger partial charge in [-0.25, -0.2) is 0 Å². The predicted octanol–water partition coefficient (Wildman–Crippen LogP) is 4.65. The zero-order valence-electron chi connectivity index (χ0n) is 10.8. The summed E-state index contributed by atoms with van der Waals surface area (Å²) in [6, 6.07) is 5.65. The molecule has 102 valence electrons. The monoisotopic (exact) mass is 333 g/mol. The fraction of sp³-hybridized carbons (Fsp3) is 0.571. The van der Waals surface area contributed by atoms with Crippen LogP contribution >= 0.6 is 27.5 Å². The largest absolute Gasteiger partial charge is 0.491 e. The Morgan fingerprint density at radius 3 is 2.78 bits per heavy atom. The van der Waals surface area contributed by atoms with E-state index < -0.39 is 0 Å². The van der Waals surface area contributed by atoms with Gasteiger partial charge >= 0.3 is 0 Å². The van der Waals surface area contributed by atoms with E-state index >= 15 is 0 Å². The second kappa shape index (κ2) is 9.65. The second-order valence-electron chi connectivity index (χ2n) is 4.23. The van der Waals surface area contributed by atoms with Gasteiger partial charge in [-0.1, -0.05) is 53.7 Å². The lowest BCUT2D eigenvalue weighted by molar-refractivity contribution is 0.313. The summed E-state index contributed by atoms with van der Waals surface area (Å²) in [4.78, 5) is 0. The number of unbranched alkanes of at least 4 members (excludes halogenated alkanes) is 3. The third-order valence-electron chi connectivity index (χ3n) is 2.64. The predicted molar refractivity (Wildman–Crippen MR) is 81.7 cm³/mol. The van der Waals surface area contributed by atoms with Crippen LogP contribution in [0, 0.1) is 0 Å². The molecule has 0 saturated carbocycles. The highest BCUT2D eigenvalue weighted by molar-refractivity contribution is 9.10. The number of halogens is 2. The molecule has 2 nitrogen and oxygen atoms in total. The fourth-order valence-electron chi connectivity index (χ4n) is 1.63. The van der Waals surface area contributed by atoms with Gasteiger partial charge in [-0.3, -0.25) is 0 Å². The summed E-state index contributed by atoms with van der Waals surface area (Å²) in [6.07, 6.45) is 5.16. The lowest BCUT2D eigenvalue weighted by Gasteiger charge is -2.09. The van der Waals surface area contributed by atoms with Crippen LogP contribution in [0.2, 0.25) is 5.02 Å². The Morgan fingerprint density at radius 2 is 2.06 bits per heavy atom. The first-order valence-electron chi connectivity index (χ1n) is 6.52. The van der Waals surface area contributed by atoms with Crippen molar-refractivity contribution in [1.29, 1.82) is 0 Å². The molecule has 1 N–H and O–H groups in total. The molecule has 0 aliphatic carbocycles. The van der Waals surface area contributed by atoms with Gasteiger partial charge in [0, 0.05) is 11.0 Å². The van der Waals surface area contributed by atoms with Crippen molar-refractivity contribution in [2.75, 3.05) is 19.7 Å². The van der Waals surface area contributed by atoms with Gasteiger partial charge in [0.25, 0.3) is 0 Å². The number of benzene rings is 1. The van der Waals surface area contributed by atoms with E-state index in [4.69, 9.17) is 16.3 Å². The number of hydrogen-bond acceptors (Lipinski definition) is 2. The molecule has 0 unspecified atom stereocenters. The SMILES string of the molecule is CCCCCCNCCOc1ccc(Br)cc1Cl. The highest BCUT2D eigenvalue weighted by atomic mass is 79.9. The van der Waals surface area contributed by atoms with Gasteiger partial charge in [0.15, 0.2) is 0 Å². The Morgan fingerprint density at radius 1 is 1.22 bits per heavy atom. The topological polar surface area (TPSA) is 21.3 Å². The number of ether oxygens (including phenoxy) is 1. The molecule has 0 heterocycles. The summed E-state index contributed by atoms with van der Waals surface area (Å²) in [5.41, 5.74) is 0. The van der Waals surface area contributed by atoms with Gasteiger partial charge in [0.05, 0.1) is 5.02 Å². The standard InChI is InChI=1S/C14H21BrClNO/c1-2-3-4-5-8-17-9-10-18-14-7-6-12(15)11-13(14)16/h6-7,11,17H,2-5,8-10H2,1H3. The highest BCUT2D eigenvalue weighted by Crippen LogP contribution is 2.27. The second-order valence-corrected chi connectivity index (χ2v) is 5.56. The van der Waals surface area contributed by atoms with E-state index in [-0.39, 0.29) is 0 Å². The van der Waals surface area contributed by atoms with Crippen LogP contribution in [0.4, 0.5) is 0 Å². The maximum absolute atomic E-state index is 6.05. The average Bonchev–Trinajstić information content (AvgIpc) is 2.35. The maximum atomic E-state index is 6.05. The van der Waals surface area contributed by atoms with Crippen LogP contribution in [0.3, 0.4) is 0 Å². The molecule has 0 bridgehead atoms. The third-order valence-corrected chi connectivity index (χ3v) is 3.43. The molecule has 0 aliphatic rings. The Labute approximate surface area is 123 Å². The van der Waals surface area contributed by atoms with Gasteiger partial charge in [-0.05, 0) is 31.2 Å². The normalized spacial score (nSPS) is 10.6. The summed E-state index contributed by atoms with van der Waals surface area (Å²) in [5, 5.41) is 4.01. The molecule has 1 rings (SSSR count).